The van der Waals surface area contributed by atoms with E-state index in [-0.39, 0.29) is 22.5 Å². The topological polar surface area (TPSA) is 54.9 Å². The lowest BCUT2D eigenvalue weighted by Crippen LogP contribution is -2.13. The highest BCUT2D eigenvalue weighted by Crippen LogP contribution is 2.35. The number of carbonyl (C=O) groups excluding carboxylic acids is 1. The minimum absolute atomic E-state index is 0.0381. The van der Waals surface area contributed by atoms with Crippen LogP contribution in [0.2, 0.25) is 0 Å². The molecule has 2 heterocycles. The molecular formula is C19H11F6N3O. The van der Waals surface area contributed by atoms with Crippen molar-refractivity contribution >= 4 is 11.6 Å². The molecule has 1 amide bonds. The van der Waals surface area contributed by atoms with E-state index < -0.39 is 29.5 Å². The van der Waals surface area contributed by atoms with E-state index in [1.54, 1.807) is 0 Å². The monoisotopic (exact) mass is 411 g/mol. The van der Waals surface area contributed by atoms with Crippen LogP contribution in [-0.4, -0.2) is 15.9 Å². The third-order valence-electron chi connectivity index (χ3n) is 3.85. The number of pyridine rings is 2. The van der Waals surface area contributed by atoms with E-state index in [2.05, 4.69) is 15.3 Å². The second kappa shape index (κ2) is 7.53. The zero-order chi connectivity index (χ0) is 21.2. The van der Waals surface area contributed by atoms with Crippen LogP contribution in [0.1, 0.15) is 21.6 Å². The van der Waals surface area contributed by atoms with Gasteiger partial charge in [0.2, 0.25) is 0 Å². The van der Waals surface area contributed by atoms with E-state index in [4.69, 9.17) is 0 Å². The van der Waals surface area contributed by atoms with Crippen LogP contribution in [0.15, 0.2) is 60.9 Å². The van der Waals surface area contributed by atoms with Crippen LogP contribution in [0.5, 0.6) is 0 Å². The maximum atomic E-state index is 13.1. The van der Waals surface area contributed by atoms with E-state index >= 15 is 0 Å². The number of amides is 1. The number of alkyl halides is 6. The van der Waals surface area contributed by atoms with Crippen molar-refractivity contribution in [2.45, 2.75) is 12.4 Å². The molecule has 0 aliphatic rings. The molecule has 0 fully saturated rings. The van der Waals surface area contributed by atoms with Crippen molar-refractivity contribution in [3.8, 4) is 11.3 Å². The first-order valence-electron chi connectivity index (χ1n) is 8.03. The number of halogens is 6. The van der Waals surface area contributed by atoms with Crippen LogP contribution < -0.4 is 5.32 Å². The molecule has 0 radical (unpaired) electrons. The number of rotatable bonds is 3. The molecule has 150 valence electrons. The standard InChI is InChI=1S/C19H11F6N3O/c20-18(21,22)14-2-1-9-26-16(14)11-3-5-12(6-4-11)17(29)28-13-7-8-15(27-10-13)19(23,24)25/h1-10H,(H,28,29). The van der Waals surface area contributed by atoms with E-state index in [1.807, 2.05) is 0 Å². The van der Waals surface area contributed by atoms with Crippen molar-refractivity contribution in [3.63, 3.8) is 0 Å². The Labute approximate surface area is 160 Å². The summed E-state index contributed by atoms with van der Waals surface area (Å²) in [4.78, 5) is 19.2. The largest absolute Gasteiger partial charge is 0.433 e. The van der Waals surface area contributed by atoms with E-state index in [0.29, 0.717) is 0 Å². The smallest absolute Gasteiger partial charge is 0.321 e. The summed E-state index contributed by atoms with van der Waals surface area (Å²) in [7, 11) is 0. The highest BCUT2D eigenvalue weighted by molar-refractivity contribution is 6.04. The molecule has 29 heavy (non-hydrogen) atoms. The summed E-state index contributed by atoms with van der Waals surface area (Å²) in [6, 6.07) is 9.03. The van der Waals surface area contributed by atoms with Crippen molar-refractivity contribution in [2.75, 3.05) is 5.32 Å². The molecule has 3 rings (SSSR count). The first-order chi connectivity index (χ1) is 13.6. The van der Waals surface area contributed by atoms with Crippen LogP contribution in [0.3, 0.4) is 0 Å². The van der Waals surface area contributed by atoms with Crippen LogP contribution in [0, 0.1) is 0 Å². The maximum Gasteiger partial charge on any atom is 0.433 e. The lowest BCUT2D eigenvalue weighted by Gasteiger charge is -2.12. The number of carbonyl (C=O) groups is 1. The second-order valence-electron chi connectivity index (χ2n) is 5.86. The summed E-state index contributed by atoms with van der Waals surface area (Å²) >= 11 is 0. The molecule has 10 heteroatoms. The lowest BCUT2D eigenvalue weighted by atomic mass is 10.0. The molecule has 4 nitrogen and oxygen atoms in total. The van der Waals surface area contributed by atoms with E-state index in [9.17, 15) is 31.1 Å². The quantitative estimate of drug-likeness (QED) is 0.585. The van der Waals surface area contributed by atoms with Crippen LogP contribution in [0.4, 0.5) is 32.0 Å². The molecule has 1 N–H and O–H groups in total. The fourth-order valence-corrected chi connectivity index (χ4v) is 2.48. The Hall–Kier alpha value is -3.43. The average Bonchev–Trinajstić information content (AvgIpc) is 2.67. The molecule has 0 bridgehead atoms. The van der Waals surface area contributed by atoms with Crippen molar-refractivity contribution in [2.24, 2.45) is 0 Å². The average molecular weight is 411 g/mol. The molecule has 0 saturated heterocycles. The number of aromatic nitrogens is 2. The van der Waals surface area contributed by atoms with Crippen molar-refractivity contribution < 1.29 is 31.1 Å². The van der Waals surface area contributed by atoms with Gasteiger partial charge < -0.3 is 5.32 Å². The highest BCUT2D eigenvalue weighted by Gasteiger charge is 2.34. The van der Waals surface area contributed by atoms with Gasteiger partial charge in [-0.3, -0.25) is 9.78 Å². The third kappa shape index (κ3) is 4.71. The van der Waals surface area contributed by atoms with Gasteiger partial charge in [-0.1, -0.05) is 12.1 Å². The van der Waals surface area contributed by atoms with Gasteiger partial charge in [0.1, 0.15) is 5.69 Å². The fraction of sp³-hybridized carbons (Fsp3) is 0.105. The normalized spacial score (nSPS) is 11.9. The van der Waals surface area contributed by atoms with Crippen molar-refractivity contribution in [1.82, 2.24) is 9.97 Å². The molecular weight excluding hydrogens is 400 g/mol. The van der Waals surface area contributed by atoms with Gasteiger partial charge in [-0.2, -0.15) is 26.3 Å². The molecule has 3 aromatic rings. The number of hydrogen-bond donors (Lipinski definition) is 1. The molecule has 0 aliphatic carbocycles. The Balaban J connectivity index is 1.78. The van der Waals surface area contributed by atoms with Gasteiger partial charge in [0.15, 0.2) is 0 Å². The molecule has 1 aromatic carbocycles. The Kier molecular flexibility index (Phi) is 5.27. The van der Waals surface area contributed by atoms with Crippen LogP contribution >= 0.6 is 0 Å². The SMILES string of the molecule is O=C(Nc1ccc(C(F)(F)F)nc1)c1ccc(-c2ncccc2C(F)(F)F)cc1. The fourth-order valence-electron chi connectivity index (χ4n) is 2.48. The van der Waals surface area contributed by atoms with Crippen molar-refractivity contribution in [3.05, 3.63) is 77.7 Å². The summed E-state index contributed by atoms with van der Waals surface area (Å²) < 4.78 is 76.8. The van der Waals surface area contributed by atoms with Gasteiger partial charge in [0.25, 0.3) is 5.91 Å². The highest BCUT2D eigenvalue weighted by atomic mass is 19.4. The second-order valence-corrected chi connectivity index (χ2v) is 5.86. The lowest BCUT2D eigenvalue weighted by molar-refractivity contribution is -0.141. The van der Waals surface area contributed by atoms with Crippen LogP contribution in [-0.2, 0) is 12.4 Å². The minimum atomic E-state index is -4.60. The Bertz CT molecular complexity index is 1010. The molecule has 0 saturated carbocycles. The number of benzene rings is 1. The summed E-state index contributed by atoms with van der Waals surface area (Å²) in [5.41, 5.74) is -2.00. The minimum Gasteiger partial charge on any atom is -0.321 e. The zero-order valence-electron chi connectivity index (χ0n) is 14.3. The summed E-state index contributed by atoms with van der Waals surface area (Å²) in [5, 5.41) is 2.37. The van der Waals surface area contributed by atoms with Gasteiger partial charge in [0, 0.05) is 17.3 Å². The Morgan fingerprint density at radius 1 is 0.828 bits per heavy atom. The first-order valence-corrected chi connectivity index (χ1v) is 8.03. The Morgan fingerprint density at radius 2 is 1.52 bits per heavy atom. The number of anilines is 1. The van der Waals surface area contributed by atoms with E-state index in [1.165, 1.54) is 36.5 Å². The number of hydrogen-bond acceptors (Lipinski definition) is 3. The predicted molar refractivity (Wildman–Crippen MR) is 91.9 cm³/mol. The van der Waals surface area contributed by atoms with Gasteiger partial charge in [-0.05, 0) is 36.4 Å². The predicted octanol–water partition coefficient (Wildman–Crippen LogP) is 5.43. The number of nitrogens with one attached hydrogen (secondary N) is 1. The van der Waals surface area contributed by atoms with Crippen LogP contribution in [0.25, 0.3) is 11.3 Å². The third-order valence-corrected chi connectivity index (χ3v) is 3.85. The van der Waals surface area contributed by atoms with E-state index in [0.717, 1.165) is 24.4 Å². The van der Waals surface area contributed by atoms with Gasteiger partial charge in [0.05, 0.1) is 23.1 Å². The van der Waals surface area contributed by atoms with Gasteiger partial charge in [-0.15, -0.1) is 0 Å². The molecule has 0 unspecified atom stereocenters. The summed E-state index contributed by atoms with van der Waals surface area (Å²) in [6.07, 6.45) is -7.10. The van der Waals surface area contributed by atoms with Gasteiger partial charge >= 0.3 is 12.4 Å². The number of nitrogens with zero attached hydrogens (tertiary/aromatic N) is 2. The van der Waals surface area contributed by atoms with Crippen molar-refractivity contribution in [1.29, 1.82) is 0 Å². The molecule has 0 atom stereocenters. The zero-order valence-corrected chi connectivity index (χ0v) is 14.3. The summed E-state index contributed by atoms with van der Waals surface area (Å²) in [6.45, 7) is 0. The molecule has 0 aliphatic heterocycles. The summed E-state index contributed by atoms with van der Waals surface area (Å²) in [5.74, 6) is -0.657. The Morgan fingerprint density at radius 3 is 2.07 bits per heavy atom. The first kappa shape index (κ1) is 20.3. The molecule has 0 spiro atoms. The maximum absolute atomic E-state index is 13.1. The molecule has 2 aromatic heterocycles. The van der Waals surface area contributed by atoms with Gasteiger partial charge in [-0.25, -0.2) is 4.98 Å².